The summed E-state index contributed by atoms with van der Waals surface area (Å²) in [6, 6.07) is 0. The van der Waals surface area contributed by atoms with Gasteiger partial charge in [-0.15, -0.1) is 0 Å². The third-order valence-electron chi connectivity index (χ3n) is 3.38. The lowest BCUT2D eigenvalue weighted by Gasteiger charge is -2.17. The van der Waals surface area contributed by atoms with E-state index >= 15 is 0 Å². The van der Waals surface area contributed by atoms with Crippen LogP contribution in [0.4, 0.5) is 0 Å². The van der Waals surface area contributed by atoms with Crippen LogP contribution in [0.15, 0.2) is 15.8 Å². The number of nitrogens with zero attached hydrogens (tertiary/aromatic N) is 1. The van der Waals surface area contributed by atoms with Gasteiger partial charge in [-0.1, -0.05) is 0 Å². The Morgan fingerprint density at radius 2 is 1.88 bits per heavy atom. The zero-order valence-corrected chi connectivity index (χ0v) is 15.3. The molecule has 0 bridgehead atoms. The lowest BCUT2D eigenvalue weighted by Crippen LogP contribution is -2.33. The fourth-order valence-corrected chi connectivity index (χ4v) is 3.37. The Hall–Kier alpha value is -1.54. The molecule has 0 amide bonds. The summed E-state index contributed by atoms with van der Waals surface area (Å²) in [5.74, 6) is 0. The predicted molar refractivity (Wildman–Crippen MR) is 85.1 cm³/mol. The van der Waals surface area contributed by atoms with Crippen molar-refractivity contribution in [1.82, 2.24) is 9.55 Å². The molecule has 0 aromatic carbocycles. The monoisotopic (exact) mass is 398 g/mol. The molecular weight excluding hydrogens is 380 g/mol. The first kappa shape index (κ1) is 19.8. The summed E-state index contributed by atoms with van der Waals surface area (Å²) in [4.78, 5) is 25.5. The minimum Gasteiger partial charge on any atom is -0.349 e. The van der Waals surface area contributed by atoms with E-state index in [0.29, 0.717) is 0 Å². The zero-order chi connectivity index (χ0) is 19.0. The Morgan fingerprint density at radius 1 is 1.24 bits per heavy atom. The normalized spacial score (nSPS) is 24.5. The van der Waals surface area contributed by atoms with E-state index in [1.807, 2.05) is 0 Å². The van der Waals surface area contributed by atoms with Crippen LogP contribution in [0.3, 0.4) is 0 Å². The van der Waals surface area contributed by atoms with Crippen molar-refractivity contribution in [3.63, 3.8) is 0 Å². The highest BCUT2D eigenvalue weighted by molar-refractivity contribution is 7.86. The summed E-state index contributed by atoms with van der Waals surface area (Å²) in [7, 11) is -7.64. The summed E-state index contributed by atoms with van der Waals surface area (Å²) in [6.45, 7) is 1.01. The van der Waals surface area contributed by atoms with Crippen LogP contribution in [0, 0.1) is 6.92 Å². The molecule has 0 spiro atoms. The Kier molecular flexibility index (Phi) is 5.53. The minimum atomic E-state index is -3.86. The van der Waals surface area contributed by atoms with Crippen molar-refractivity contribution in [3.8, 4) is 0 Å². The molecule has 2 heterocycles. The molecule has 1 saturated heterocycles. The first-order chi connectivity index (χ1) is 11.4. The molecule has 3 atom stereocenters. The van der Waals surface area contributed by atoms with Gasteiger partial charge in [0.05, 0.1) is 19.1 Å². The number of nitrogens with one attached hydrogen (secondary N) is 1. The molecule has 1 aromatic heterocycles. The average Bonchev–Trinajstić information content (AvgIpc) is 2.80. The van der Waals surface area contributed by atoms with Gasteiger partial charge >= 0.3 is 5.69 Å². The van der Waals surface area contributed by atoms with Gasteiger partial charge in [0.15, 0.2) is 0 Å². The smallest absolute Gasteiger partial charge is 0.330 e. The molecule has 1 aliphatic heterocycles. The highest BCUT2D eigenvalue weighted by Gasteiger charge is 2.40. The molecule has 13 heteroatoms. The van der Waals surface area contributed by atoms with E-state index in [0.717, 1.165) is 17.1 Å². The van der Waals surface area contributed by atoms with Gasteiger partial charge in [0, 0.05) is 18.2 Å². The number of aromatic amines is 1. The predicted octanol–water partition coefficient (Wildman–Crippen LogP) is -1.55. The number of aromatic nitrogens is 2. The maximum Gasteiger partial charge on any atom is 0.330 e. The molecule has 1 aliphatic rings. The van der Waals surface area contributed by atoms with Gasteiger partial charge in [0.1, 0.15) is 18.4 Å². The van der Waals surface area contributed by atoms with Crippen LogP contribution >= 0.6 is 0 Å². The molecule has 25 heavy (non-hydrogen) atoms. The largest absolute Gasteiger partial charge is 0.349 e. The van der Waals surface area contributed by atoms with E-state index in [9.17, 15) is 26.4 Å². The summed E-state index contributed by atoms with van der Waals surface area (Å²) < 4.78 is 61.2. The van der Waals surface area contributed by atoms with Crippen molar-refractivity contribution >= 4 is 20.2 Å². The number of hydrogen-bond donors (Lipinski definition) is 1. The van der Waals surface area contributed by atoms with Crippen LogP contribution in [-0.4, -0.2) is 57.7 Å². The van der Waals surface area contributed by atoms with E-state index < -0.39 is 56.5 Å². The van der Waals surface area contributed by atoms with Gasteiger partial charge in [-0.25, -0.2) is 4.79 Å². The average molecular weight is 398 g/mol. The van der Waals surface area contributed by atoms with Gasteiger partial charge in [-0.3, -0.25) is 22.7 Å². The van der Waals surface area contributed by atoms with Gasteiger partial charge in [-0.05, 0) is 6.92 Å². The van der Waals surface area contributed by atoms with Crippen LogP contribution in [0.25, 0.3) is 0 Å². The van der Waals surface area contributed by atoms with E-state index in [1.54, 1.807) is 0 Å². The van der Waals surface area contributed by atoms with Crippen LogP contribution in [0.5, 0.6) is 0 Å². The molecule has 142 valence electrons. The summed E-state index contributed by atoms with van der Waals surface area (Å²) >= 11 is 0. The number of hydrogen-bond acceptors (Lipinski definition) is 9. The number of ether oxygens (including phenoxy) is 1. The standard InChI is InChI=1S/C12H18N2O9S2/c1-7-5-14(12(16)13-11(7)15)10-4-8(23-25(3,19)20)9(22-10)6-21-24(2,17)18/h5,8-10H,4,6H2,1-3H3,(H,13,15,16)/t8-,9+,10-/m1/s1. The molecule has 11 nitrogen and oxygen atoms in total. The lowest BCUT2D eigenvalue weighted by atomic mass is 10.2. The van der Waals surface area contributed by atoms with Crippen molar-refractivity contribution in [2.24, 2.45) is 0 Å². The minimum absolute atomic E-state index is 0.0593. The van der Waals surface area contributed by atoms with Crippen LogP contribution in [-0.2, 0) is 33.3 Å². The number of rotatable bonds is 6. The molecule has 0 radical (unpaired) electrons. The molecule has 2 rings (SSSR count). The highest BCUT2D eigenvalue weighted by Crippen LogP contribution is 2.31. The third kappa shape index (κ3) is 5.47. The van der Waals surface area contributed by atoms with Crippen LogP contribution in [0.1, 0.15) is 18.2 Å². The highest BCUT2D eigenvalue weighted by atomic mass is 32.2. The molecule has 1 aromatic rings. The number of H-pyrrole nitrogens is 1. The maximum atomic E-state index is 11.9. The van der Waals surface area contributed by atoms with Crippen molar-refractivity contribution in [2.75, 3.05) is 19.1 Å². The second-order valence-electron chi connectivity index (χ2n) is 5.67. The first-order valence-electron chi connectivity index (χ1n) is 7.06. The SMILES string of the molecule is Cc1cn([C@H]2C[C@@H](OS(C)(=O)=O)[C@H](COS(C)(=O)=O)O2)c(=O)[nH]c1=O. The van der Waals surface area contributed by atoms with E-state index in [1.165, 1.54) is 13.1 Å². The fraction of sp³-hybridized carbons (Fsp3) is 0.667. The van der Waals surface area contributed by atoms with Crippen molar-refractivity contribution in [3.05, 3.63) is 32.6 Å². The lowest BCUT2D eigenvalue weighted by molar-refractivity contribution is -0.0353. The van der Waals surface area contributed by atoms with Gasteiger partial charge in [0.2, 0.25) is 0 Å². The van der Waals surface area contributed by atoms with Crippen LogP contribution in [0.2, 0.25) is 0 Å². The quantitative estimate of drug-likeness (QED) is 0.562. The molecule has 0 unspecified atom stereocenters. The summed E-state index contributed by atoms with van der Waals surface area (Å²) in [5, 5.41) is 0. The maximum absolute atomic E-state index is 11.9. The Bertz CT molecular complexity index is 961. The Morgan fingerprint density at radius 3 is 2.44 bits per heavy atom. The van der Waals surface area contributed by atoms with Crippen molar-refractivity contribution in [1.29, 1.82) is 0 Å². The van der Waals surface area contributed by atoms with E-state index in [-0.39, 0.29) is 12.0 Å². The summed E-state index contributed by atoms with van der Waals surface area (Å²) in [5.41, 5.74) is -1.05. The molecular formula is C12H18N2O9S2. The zero-order valence-electron chi connectivity index (χ0n) is 13.7. The van der Waals surface area contributed by atoms with Crippen molar-refractivity contribution < 1.29 is 29.9 Å². The molecule has 1 fully saturated rings. The van der Waals surface area contributed by atoms with Gasteiger partial charge in [0.25, 0.3) is 25.8 Å². The Labute approximate surface area is 143 Å². The van der Waals surface area contributed by atoms with E-state index in [4.69, 9.17) is 8.92 Å². The summed E-state index contributed by atoms with van der Waals surface area (Å²) in [6.07, 6.45) is -0.177. The molecule has 0 aliphatic carbocycles. The topological polar surface area (TPSA) is 151 Å². The second-order valence-corrected chi connectivity index (χ2v) is 8.92. The van der Waals surface area contributed by atoms with Crippen molar-refractivity contribution in [2.45, 2.75) is 31.8 Å². The fourth-order valence-electron chi connectivity index (χ4n) is 2.34. The van der Waals surface area contributed by atoms with Gasteiger partial charge in [-0.2, -0.15) is 16.8 Å². The third-order valence-corrected chi connectivity index (χ3v) is 4.54. The molecule has 0 saturated carbocycles. The van der Waals surface area contributed by atoms with Crippen LogP contribution < -0.4 is 11.2 Å². The Balaban J connectivity index is 2.29. The second kappa shape index (κ2) is 6.99. The first-order valence-corrected chi connectivity index (χ1v) is 10.7. The number of aryl methyl sites for hydroxylation is 1. The van der Waals surface area contributed by atoms with Gasteiger partial charge < -0.3 is 4.74 Å². The van der Waals surface area contributed by atoms with E-state index in [2.05, 4.69) is 9.17 Å². The molecule has 1 N–H and O–H groups in total.